The van der Waals surface area contributed by atoms with Gasteiger partial charge in [-0.25, -0.2) is 0 Å². The third kappa shape index (κ3) is 3.45. The molecule has 3 nitrogen and oxygen atoms in total. The van der Waals surface area contributed by atoms with Crippen LogP contribution in [0.15, 0.2) is 18.3 Å². The highest BCUT2D eigenvalue weighted by Gasteiger charge is 2.29. The van der Waals surface area contributed by atoms with E-state index in [1.54, 1.807) is 0 Å². The van der Waals surface area contributed by atoms with Crippen LogP contribution in [0.3, 0.4) is 0 Å². The maximum Gasteiger partial charge on any atom is 0.0564 e. The summed E-state index contributed by atoms with van der Waals surface area (Å²) in [6.45, 7) is 3.58. The first-order valence-corrected chi connectivity index (χ1v) is 7.18. The lowest BCUT2D eigenvalue weighted by Gasteiger charge is -2.21. The van der Waals surface area contributed by atoms with Gasteiger partial charge in [0.15, 0.2) is 0 Å². The number of pyridine rings is 1. The molecule has 18 heavy (non-hydrogen) atoms. The molecule has 0 unspecified atom stereocenters. The zero-order chi connectivity index (χ0) is 12.4. The molecule has 2 saturated carbocycles. The lowest BCUT2D eigenvalue weighted by atomic mass is 10.2. The molecule has 0 saturated heterocycles. The van der Waals surface area contributed by atoms with Crippen molar-refractivity contribution in [2.75, 3.05) is 25.5 Å². The largest absolute Gasteiger partial charge is 0.388 e. The Hall–Kier alpha value is -1.09. The Bertz CT molecular complexity index is 382. The molecule has 1 heterocycles. The molecule has 2 aliphatic carbocycles. The first-order valence-electron chi connectivity index (χ1n) is 7.18. The van der Waals surface area contributed by atoms with E-state index in [1.165, 1.54) is 44.5 Å². The predicted molar refractivity (Wildman–Crippen MR) is 74.5 cm³/mol. The molecule has 1 aromatic rings. The third-order valence-corrected chi connectivity index (χ3v) is 3.92. The van der Waals surface area contributed by atoms with Crippen LogP contribution in [0.4, 0.5) is 5.69 Å². The van der Waals surface area contributed by atoms with Gasteiger partial charge >= 0.3 is 0 Å². The number of nitrogens with zero attached hydrogens (tertiary/aromatic N) is 2. The highest BCUT2D eigenvalue weighted by Crippen LogP contribution is 2.34. The number of hydrogen-bond acceptors (Lipinski definition) is 3. The van der Waals surface area contributed by atoms with Crippen LogP contribution >= 0.6 is 0 Å². The molecule has 0 spiro atoms. The van der Waals surface area contributed by atoms with Gasteiger partial charge in [0.05, 0.1) is 5.69 Å². The fourth-order valence-corrected chi connectivity index (χ4v) is 2.48. The van der Waals surface area contributed by atoms with Crippen LogP contribution in [-0.4, -0.2) is 30.0 Å². The summed E-state index contributed by atoms with van der Waals surface area (Å²) in [6.07, 6.45) is 7.65. The first-order chi connectivity index (χ1) is 8.83. The maximum absolute atomic E-state index is 4.50. The van der Waals surface area contributed by atoms with Gasteiger partial charge in [-0.1, -0.05) is 0 Å². The summed E-state index contributed by atoms with van der Waals surface area (Å²) in [4.78, 5) is 7.12. The molecule has 0 radical (unpaired) electrons. The van der Waals surface area contributed by atoms with Crippen LogP contribution in [0.25, 0.3) is 0 Å². The molecule has 0 aliphatic heterocycles. The second-order valence-corrected chi connectivity index (χ2v) is 5.87. The smallest absolute Gasteiger partial charge is 0.0564 e. The molecule has 0 bridgehead atoms. The molecular formula is C15H23N3. The van der Waals surface area contributed by atoms with E-state index in [-0.39, 0.29) is 0 Å². The van der Waals surface area contributed by atoms with Gasteiger partial charge in [-0.05, 0) is 49.7 Å². The second-order valence-electron chi connectivity index (χ2n) is 5.87. The summed E-state index contributed by atoms with van der Waals surface area (Å²) >= 11 is 0. The van der Waals surface area contributed by atoms with Gasteiger partial charge < -0.3 is 5.32 Å². The third-order valence-electron chi connectivity index (χ3n) is 3.92. The molecule has 2 aliphatic rings. The molecule has 3 heteroatoms. The molecular weight excluding hydrogens is 222 g/mol. The summed E-state index contributed by atoms with van der Waals surface area (Å²) in [5.74, 6) is 1.94. The van der Waals surface area contributed by atoms with Crippen LogP contribution in [-0.2, 0) is 6.54 Å². The quantitative estimate of drug-likeness (QED) is 0.800. The van der Waals surface area contributed by atoms with Crippen molar-refractivity contribution in [1.82, 2.24) is 9.88 Å². The molecule has 1 N–H and O–H groups in total. The fourth-order valence-electron chi connectivity index (χ4n) is 2.48. The zero-order valence-corrected chi connectivity index (χ0v) is 11.2. The topological polar surface area (TPSA) is 28.2 Å². The number of hydrogen-bond donors (Lipinski definition) is 1. The van der Waals surface area contributed by atoms with Crippen molar-refractivity contribution < 1.29 is 0 Å². The lowest BCUT2D eigenvalue weighted by molar-refractivity contribution is 0.241. The maximum atomic E-state index is 4.50. The van der Waals surface area contributed by atoms with E-state index in [1.807, 2.05) is 19.3 Å². The van der Waals surface area contributed by atoms with Crippen molar-refractivity contribution in [1.29, 1.82) is 0 Å². The second kappa shape index (κ2) is 5.27. The van der Waals surface area contributed by atoms with E-state index < -0.39 is 0 Å². The number of aromatic nitrogens is 1. The lowest BCUT2D eigenvalue weighted by Crippen LogP contribution is -2.28. The van der Waals surface area contributed by atoms with Gasteiger partial charge in [0, 0.05) is 38.6 Å². The van der Waals surface area contributed by atoms with Gasteiger partial charge in [-0.15, -0.1) is 0 Å². The van der Waals surface area contributed by atoms with Crippen LogP contribution in [0.2, 0.25) is 0 Å². The normalized spacial score (nSPS) is 19.2. The molecule has 1 aromatic heterocycles. The van der Waals surface area contributed by atoms with Crippen LogP contribution in [0, 0.1) is 11.8 Å². The Kier molecular flexibility index (Phi) is 3.50. The zero-order valence-electron chi connectivity index (χ0n) is 11.2. The Labute approximate surface area is 110 Å². The Balaban J connectivity index is 1.61. The SMILES string of the molecule is CNc1ccnc(CN(CC2CC2)CC2CC2)c1. The van der Waals surface area contributed by atoms with Crippen molar-refractivity contribution in [3.8, 4) is 0 Å². The molecule has 0 aromatic carbocycles. The van der Waals surface area contributed by atoms with Crippen molar-refractivity contribution in [3.05, 3.63) is 24.0 Å². The average molecular weight is 245 g/mol. The van der Waals surface area contributed by atoms with Crippen molar-refractivity contribution >= 4 is 5.69 Å². The van der Waals surface area contributed by atoms with E-state index in [2.05, 4.69) is 21.3 Å². The standard InChI is InChI=1S/C15H23N3/c1-16-14-6-7-17-15(8-14)11-18(9-12-2-3-12)10-13-4-5-13/h6-8,12-13H,2-5,9-11H2,1H3,(H,16,17). The van der Waals surface area contributed by atoms with E-state index in [0.717, 1.165) is 24.1 Å². The molecule has 98 valence electrons. The van der Waals surface area contributed by atoms with Crippen molar-refractivity contribution in [3.63, 3.8) is 0 Å². The number of nitrogens with one attached hydrogen (secondary N) is 1. The summed E-state index contributed by atoms with van der Waals surface area (Å²) in [7, 11) is 1.96. The molecule has 0 amide bonds. The molecule has 0 atom stereocenters. The minimum Gasteiger partial charge on any atom is -0.388 e. The van der Waals surface area contributed by atoms with E-state index in [9.17, 15) is 0 Å². The minimum absolute atomic E-state index is 0.969. The highest BCUT2D eigenvalue weighted by atomic mass is 15.1. The summed E-state index contributed by atoms with van der Waals surface area (Å²) in [5.41, 5.74) is 2.36. The first kappa shape index (κ1) is 12.0. The molecule has 2 fully saturated rings. The fraction of sp³-hybridized carbons (Fsp3) is 0.667. The van der Waals surface area contributed by atoms with Gasteiger partial charge in [0.1, 0.15) is 0 Å². The van der Waals surface area contributed by atoms with Crippen LogP contribution < -0.4 is 5.32 Å². The molecule has 3 rings (SSSR count). The minimum atomic E-state index is 0.969. The number of rotatable bonds is 7. The Morgan fingerprint density at radius 2 is 1.89 bits per heavy atom. The predicted octanol–water partition coefficient (Wildman–Crippen LogP) is 2.75. The highest BCUT2D eigenvalue weighted by molar-refractivity contribution is 5.42. The summed E-state index contributed by atoms with van der Waals surface area (Å²) < 4.78 is 0. The van der Waals surface area contributed by atoms with Gasteiger partial charge in [0.25, 0.3) is 0 Å². The van der Waals surface area contributed by atoms with E-state index in [0.29, 0.717) is 0 Å². The average Bonchev–Trinajstić information content (AvgIpc) is 3.25. The number of anilines is 1. The van der Waals surface area contributed by atoms with E-state index in [4.69, 9.17) is 0 Å². The van der Waals surface area contributed by atoms with Crippen LogP contribution in [0.1, 0.15) is 31.4 Å². The van der Waals surface area contributed by atoms with Gasteiger partial charge in [0.2, 0.25) is 0 Å². The Morgan fingerprint density at radius 3 is 2.44 bits per heavy atom. The van der Waals surface area contributed by atoms with Crippen LogP contribution in [0.5, 0.6) is 0 Å². The Morgan fingerprint density at radius 1 is 1.22 bits per heavy atom. The van der Waals surface area contributed by atoms with E-state index >= 15 is 0 Å². The summed E-state index contributed by atoms with van der Waals surface area (Å²) in [6, 6.07) is 4.20. The van der Waals surface area contributed by atoms with Crippen molar-refractivity contribution in [2.24, 2.45) is 11.8 Å². The van der Waals surface area contributed by atoms with Gasteiger partial charge in [-0.3, -0.25) is 9.88 Å². The monoisotopic (exact) mass is 245 g/mol. The van der Waals surface area contributed by atoms with Gasteiger partial charge in [-0.2, -0.15) is 0 Å². The van der Waals surface area contributed by atoms with Crippen molar-refractivity contribution in [2.45, 2.75) is 32.2 Å². The summed E-state index contributed by atoms with van der Waals surface area (Å²) in [5, 5.41) is 3.19.